The highest BCUT2D eigenvalue weighted by Gasteiger charge is 2.09. The second-order valence-electron chi connectivity index (χ2n) is 4.28. The van der Waals surface area contributed by atoms with E-state index in [2.05, 4.69) is 24.9 Å². The molecule has 0 saturated heterocycles. The third-order valence-corrected chi connectivity index (χ3v) is 2.56. The monoisotopic (exact) mass is 230 g/mol. The zero-order chi connectivity index (χ0) is 12.7. The Labute approximate surface area is 103 Å². The van der Waals surface area contributed by atoms with Crippen molar-refractivity contribution >= 4 is 6.21 Å². The third kappa shape index (κ3) is 4.38. The van der Waals surface area contributed by atoms with Crippen LogP contribution in [0.4, 0.5) is 0 Å². The molecule has 1 atom stereocenters. The molecule has 3 heteroatoms. The average Bonchev–Trinajstić information content (AvgIpc) is 2.34. The molecule has 0 heterocycles. The van der Waals surface area contributed by atoms with Crippen molar-refractivity contribution in [1.82, 2.24) is 0 Å². The summed E-state index contributed by atoms with van der Waals surface area (Å²) in [5, 5.41) is 8.69. The molecule has 90 valence electrons. The van der Waals surface area contributed by atoms with Crippen LogP contribution in [0.5, 0.6) is 0 Å². The van der Waals surface area contributed by atoms with Crippen molar-refractivity contribution in [3.05, 3.63) is 35.4 Å². The number of aliphatic imine (C=N–C) groups is 1. The molecule has 1 rings (SSSR count). The SMILES string of the molecule is COC[C@@H](N=Cc1ccc(C#N)cc1)C(C)C. The van der Waals surface area contributed by atoms with Gasteiger partial charge in [-0.25, -0.2) is 0 Å². The summed E-state index contributed by atoms with van der Waals surface area (Å²) >= 11 is 0. The van der Waals surface area contributed by atoms with Gasteiger partial charge in [-0.1, -0.05) is 26.0 Å². The van der Waals surface area contributed by atoms with E-state index in [4.69, 9.17) is 10.00 Å². The lowest BCUT2D eigenvalue weighted by Gasteiger charge is -2.14. The van der Waals surface area contributed by atoms with Crippen molar-refractivity contribution in [2.75, 3.05) is 13.7 Å². The number of hydrogen-bond acceptors (Lipinski definition) is 3. The van der Waals surface area contributed by atoms with E-state index in [1.807, 2.05) is 18.3 Å². The van der Waals surface area contributed by atoms with Crippen LogP contribution in [0.25, 0.3) is 0 Å². The number of rotatable bonds is 5. The second kappa shape index (κ2) is 6.82. The normalized spacial score (nSPS) is 12.9. The van der Waals surface area contributed by atoms with Crippen LogP contribution < -0.4 is 0 Å². The van der Waals surface area contributed by atoms with Gasteiger partial charge in [0.25, 0.3) is 0 Å². The molecule has 0 aromatic heterocycles. The van der Waals surface area contributed by atoms with Gasteiger partial charge in [0, 0.05) is 13.3 Å². The maximum atomic E-state index is 8.69. The van der Waals surface area contributed by atoms with Gasteiger partial charge >= 0.3 is 0 Å². The standard InChI is InChI=1S/C14H18N2O/c1-11(2)14(10-17-3)16-9-13-6-4-12(8-15)5-7-13/h4-7,9,11,14H,10H2,1-3H3/t14-/m1/s1. The van der Waals surface area contributed by atoms with Crippen molar-refractivity contribution in [3.8, 4) is 6.07 Å². The molecule has 0 unspecified atom stereocenters. The number of ether oxygens (including phenoxy) is 1. The Balaban J connectivity index is 2.71. The number of nitrogens with zero attached hydrogens (tertiary/aromatic N) is 2. The fourth-order valence-electron chi connectivity index (χ4n) is 1.40. The van der Waals surface area contributed by atoms with Crippen molar-refractivity contribution in [2.24, 2.45) is 10.9 Å². The highest BCUT2D eigenvalue weighted by molar-refractivity contribution is 5.79. The quantitative estimate of drug-likeness (QED) is 0.730. The van der Waals surface area contributed by atoms with E-state index < -0.39 is 0 Å². The maximum Gasteiger partial charge on any atom is 0.0991 e. The van der Waals surface area contributed by atoms with Crippen LogP contribution in [0.1, 0.15) is 25.0 Å². The zero-order valence-electron chi connectivity index (χ0n) is 10.6. The molecular weight excluding hydrogens is 212 g/mol. The molecule has 0 spiro atoms. The molecule has 0 bridgehead atoms. The van der Waals surface area contributed by atoms with Gasteiger partial charge in [0.2, 0.25) is 0 Å². The Hall–Kier alpha value is -1.66. The van der Waals surface area contributed by atoms with Gasteiger partial charge in [0.05, 0.1) is 24.3 Å². The fourth-order valence-corrected chi connectivity index (χ4v) is 1.40. The van der Waals surface area contributed by atoms with Gasteiger partial charge in [-0.3, -0.25) is 4.99 Å². The Morgan fingerprint density at radius 3 is 2.47 bits per heavy atom. The predicted molar refractivity (Wildman–Crippen MR) is 69.3 cm³/mol. The molecule has 0 fully saturated rings. The van der Waals surface area contributed by atoms with Crippen LogP contribution in [0.15, 0.2) is 29.3 Å². The molecule has 3 nitrogen and oxygen atoms in total. The van der Waals surface area contributed by atoms with Gasteiger partial charge in [-0.2, -0.15) is 5.26 Å². The molecule has 1 aromatic rings. The Morgan fingerprint density at radius 2 is 2.00 bits per heavy atom. The van der Waals surface area contributed by atoms with Gasteiger partial charge in [-0.15, -0.1) is 0 Å². The van der Waals surface area contributed by atoms with Crippen LogP contribution in [0.3, 0.4) is 0 Å². The number of nitriles is 1. The topological polar surface area (TPSA) is 45.4 Å². The summed E-state index contributed by atoms with van der Waals surface area (Å²) < 4.78 is 5.13. The van der Waals surface area contributed by atoms with Gasteiger partial charge < -0.3 is 4.74 Å². The van der Waals surface area contributed by atoms with E-state index in [1.165, 1.54) is 0 Å². The third-order valence-electron chi connectivity index (χ3n) is 2.56. The van der Waals surface area contributed by atoms with E-state index >= 15 is 0 Å². The van der Waals surface area contributed by atoms with Crippen LogP contribution in [0, 0.1) is 17.2 Å². The molecule has 0 radical (unpaired) electrons. The highest BCUT2D eigenvalue weighted by atomic mass is 16.5. The van der Waals surface area contributed by atoms with Crippen molar-refractivity contribution in [1.29, 1.82) is 5.26 Å². The molecule has 1 aromatic carbocycles. The second-order valence-corrected chi connectivity index (χ2v) is 4.28. The van der Waals surface area contributed by atoms with Gasteiger partial charge in [0.15, 0.2) is 0 Å². The van der Waals surface area contributed by atoms with Crippen LogP contribution in [0.2, 0.25) is 0 Å². The minimum atomic E-state index is 0.177. The minimum absolute atomic E-state index is 0.177. The molecule has 0 aliphatic rings. The molecular formula is C14H18N2O. The van der Waals surface area contributed by atoms with Crippen LogP contribution in [-0.2, 0) is 4.74 Å². The molecule has 0 saturated carbocycles. The lowest BCUT2D eigenvalue weighted by Crippen LogP contribution is -2.19. The van der Waals surface area contributed by atoms with Gasteiger partial charge in [0.1, 0.15) is 0 Å². The van der Waals surface area contributed by atoms with E-state index in [9.17, 15) is 0 Å². The van der Waals surface area contributed by atoms with Crippen LogP contribution >= 0.6 is 0 Å². The minimum Gasteiger partial charge on any atom is -0.382 e. The van der Waals surface area contributed by atoms with E-state index in [-0.39, 0.29) is 6.04 Å². The summed E-state index contributed by atoms with van der Waals surface area (Å²) in [6, 6.07) is 9.65. The first-order valence-electron chi connectivity index (χ1n) is 5.69. The number of methoxy groups -OCH3 is 1. The lowest BCUT2D eigenvalue weighted by atomic mass is 10.1. The fraction of sp³-hybridized carbons (Fsp3) is 0.429. The summed E-state index contributed by atoms with van der Waals surface area (Å²) in [7, 11) is 1.69. The first-order valence-corrected chi connectivity index (χ1v) is 5.69. The Morgan fingerprint density at radius 1 is 1.35 bits per heavy atom. The number of benzene rings is 1. The molecule has 0 N–H and O–H groups in total. The summed E-state index contributed by atoms with van der Waals surface area (Å²) in [4.78, 5) is 4.51. The molecule has 17 heavy (non-hydrogen) atoms. The van der Waals surface area contributed by atoms with Crippen LogP contribution in [-0.4, -0.2) is 26.0 Å². The average molecular weight is 230 g/mol. The van der Waals surface area contributed by atoms with E-state index in [0.717, 1.165) is 5.56 Å². The molecule has 0 aliphatic carbocycles. The first kappa shape index (κ1) is 13.4. The zero-order valence-corrected chi connectivity index (χ0v) is 10.6. The molecule has 0 aliphatic heterocycles. The van der Waals surface area contributed by atoms with Crippen molar-refractivity contribution in [3.63, 3.8) is 0 Å². The highest BCUT2D eigenvalue weighted by Crippen LogP contribution is 2.07. The smallest absolute Gasteiger partial charge is 0.0991 e. The van der Waals surface area contributed by atoms with Crippen molar-refractivity contribution < 1.29 is 4.74 Å². The number of hydrogen-bond donors (Lipinski definition) is 0. The Kier molecular flexibility index (Phi) is 5.38. The van der Waals surface area contributed by atoms with E-state index in [1.54, 1.807) is 19.2 Å². The predicted octanol–water partition coefficient (Wildman–Crippen LogP) is 2.65. The van der Waals surface area contributed by atoms with E-state index in [0.29, 0.717) is 18.1 Å². The Bertz CT molecular complexity index is 401. The molecule has 0 amide bonds. The largest absolute Gasteiger partial charge is 0.382 e. The summed E-state index contributed by atoms with van der Waals surface area (Å²) in [6.07, 6.45) is 1.84. The van der Waals surface area contributed by atoms with Gasteiger partial charge in [-0.05, 0) is 23.6 Å². The maximum absolute atomic E-state index is 8.69. The summed E-state index contributed by atoms with van der Waals surface area (Å²) in [5.74, 6) is 0.449. The lowest BCUT2D eigenvalue weighted by molar-refractivity contribution is 0.165. The summed E-state index contributed by atoms with van der Waals surface area (Å²) in [6.45, 7) is 4.88. The van der Waals surface area contributed by atoms with Crippen molar-refractivity contribution in [2.45, 2.75) is 19.9 Å². The summed E-state index contributed by atoms with van der Waals surface area (Å²) in [5.41, 5.74) is 1.67. The first-order chi connectivity index (χ1) is 8.17.